The Labute approximate surface area is 101 Å². The summed E-state index contributed by atoms with van der Waals surface area (Å²) >= 11 is 1.83. The van der Waals surface area contributed by atoms with Crippen LogP contribution in [0.5, 0.6) is 0 Å². The van der Waals surface area contributed by atoms with E-state index >= 15 is 0 Å². The molecule has 0 amide bonds. The molecule has 0 aliphatic carbocycles. The second-order valence-corrected chi connectivity index (χ2v) is 5.58. The van der Waals surface area contributed by atoms with Gasteiger partial charge >= 0.3 is 0 Å². The van der Waals surface area contributed by atoms with Crippen LogP contribution in [0.3, 0.4) is 0 Å². The lowest BCUT2D eigenvalue weighted by molar-refractivity contribution is 0.0410. The number of thiophene rings is 1. The average Bonchev–Trinajstić information content (AvgIpc) is 2.78. The van der Waals surface area contributed by atoms with E-state index in [4.69, 9.17) is 10.5 Å². The smallest absolute Gasteiger partial charge is 0.0480 e. The van der Waals surface area contributed by atoms with Gasteiger partial charge in [-0.1, -0.05) is 0 Å². The number of ether oxygens (including phenoxy) is 1. The predicted molar refractivity (Wildman–Crippen MR) is 67.5 cm³/mol. The van der Waals surface area contributed by atoms with Gasteiger partial charge in [0.15, 0.2) is 0 Å². The number of rotatable bonds is 4. The molecule has 0 aromatic carbocycles. The van der Waals surface area contributed by atoms with Crippen LogP contribution in [0.1, 0.15) is 22.6 Å². The Bertz CT molecular complexity index is 321. The minimum Gasteiger partial charge on any atom is -0.381 e. The molecule has 2 N–H and O–H groups in total. The lowest BCUT2D eigenvalue weighted by atomic mass is 10.1. The molecule has 0 radical (unpaired) electrons. The molecule has 16 heavy (non-hydrogen) atoms. The molecule has 1 aromatic rings. The van der Waals surface area contributed by atoms with Gasteiger partial charge in [0.2, 0.25) is 0 Å². The maximum atomic E-state index is 5.62. The highest BCUT2D eigenvalue weighted by Gasteiger charge is 2.18. The molecule has 1 saturated heterocycles. The lowest BCUT2D eigenvalue weighted by Crippen LogP contribution is -2.35. The molecule has 1 aliphatic rings. The zero-order valence-corrected chi connectivity index (χ0v) is 10.6. The molecule has 1 fully saturated rings. The molecule has 0 unspecified atom stereocenters. The fourth-order valence-corrected chi connectivity index (χ4v) is 3.08. The van der Waals surface area contributed by atoms with Crippen LogP contribution in [-0.4, -0.2) is 31.2 Å². The van der Waals surface area contributed by atoms with E-state index in [-0.39, 0.29) is 0 Å². The maximum Gasteiger partial charge on any atom is 0.0480 e. The maximum absolute atomic E-state index is 5.62. The highest BCUT2D eigenvalue weighted by atomic mass is 32.1. The van der Waals surface area contributed by atoms with Gasteiger partial charge in [-0.05, 0) is 32.0 Å². The van der Waals surface area contributed by atoms with E-state index in [1.54, 1.807) is 0 Å². The number of hydrogen-bond acceptors (Lipinski definition) is 4. The van der Waals surface area contributed by atoms with Crippen molar-refractivity contribution in [2.75, 3.05) is 20.3 Å². The first-order valence-corrected chi connectivity index (χ1v) is 6.67. The van der Waals surface area contributed by atoms with Gasteiger partial charge in [-0.2, -0.15) is 0 Å². The lowest BCUT2D eigenvalue weighted by Gasteiger charge is -2.30. The van der Waals surface area contributed by atoms with Crippen molar-refractivity contribution in [3.63, 3.8) is 0 Å². The summed E-state index contributed by atoms with van der Waals surface area (Å²) < 4.78 is 5.38. The topological polar surface area (TPSA) is 38.5 Å². The molecule has 90 valence electrons. The first kappa shape index (κ1) is 12.0. The van der Waals surface area contributed by atoms with Crippen molar-refractivity contribution in [2.24, 2.45) is 5.73 Å². The van der Waals surface area contributed by atoms with E-state index in [9.17, 15) is 0 Å². The molecule has 0 bridgehead atoms. The standard InChI is InChI=1S/C12H20N2OS/c1-14(10-4-6-15-7-5-10)9-12-3-2-11(8-13)16-12/h2-3,10H,4-9,13H2,1H3. The van der Waals surface area contributed by atoms with Crippen LogP contribution in [0.2, 0.25) is 0 Å². The van der Waals surface area contributed by atoms with Crippen LogP contribution < -0.4 is 5.73 Å². The van der Waals surface area contributed by atoms with E-state index in [1.165, 1.54) is 9.75 Å². The van der Waals surface area contributed by atoms with E-state index in [2.05, 4.69) is 24.1 Å². The van der Waals surface area contributed by atoms with Crippen LogP contribution in [0, 0.1) is 0 Å². The number of nitrogens with zero attached hydrogens (tertiary/aromatic N) is 1. The Kier molecular flexibility index (Phi) is 4.35. The Morgan fingerprint density at radius 3 is 2.69 bits per heavy atom. The van der Waals surface area contributed by atoms with Crippen molar-refractivity contribution in [2.45, 2.75) is 32.0 Å². The first-order valence-electron chi connectivity index (χ1n) is 5.85. The van der Waals surface area contributed by atoms with Crippen molar-refractivity contribution in [3.8, 4) is 0 Å². The summed E-state index contributed by atoms with van der Waals surface area (Å²) in [4.78, 5) is 5.12. The second kappa shape index (κ2) is 5.77. The van der Waals surface area contributed by atoms with Crippen LogP contribution >= 0.6 is 11.3 Å². The highest BCUT2D eigenvalue weighted by molar-refractivity contribution is 7.11. The van der Waals surface area contributed by atoms with Crippen LogP contribution in [0.15, 0.2) is 12.1 Å². The van der Waals surface area contributed by atoms with E-state index in [0.717, 1.165) is 32.6 Å². The van der Waals surface area contributed by atoms with Crippen molar-refractivity contribution < 1.29 is 4.74 Å². The molecule has 2 heterocycles. The Morgan fingerprint density at radius 2 is 2.06 bits per heavy atom. The van der Waals surface area contributed by atoms with Gasteiger partial charge in [-0.25, -0.2) is 0 Å². The zero-order chi connectivity index (χ0) is 11.4. The molecular weight excluding hydrogens is 220 g/mol. The van der Waals surface area contributed by atoms with Gasteiger partial charge in [-0.15, -0.1) is 11.3 Å². The van der Waals surface area contributed by atoms with Crippen molar-refractivity contribution >= 4 is 11.3 Å². The molecule has 3 nitrogen and oxygen atoms in total. The van der Waals surface area contributed by atoms with Crippen LogP contribution in [-0.2, 0) is 17.8 Å². The van der Waals surface area contributed by atoms with Crippen LogP contribution in [0.25, 0.3) is 0 Å². The van der Waals surface area contributed by atoms with Crippen molar-refractivity contribution in [1.29, 1.82) is 0 Å². The Balaban J connectivity index is 1.87. The minimum atomic E-state index is 0.658. The van der Waals surface area contributed by atoms with Crippen LogP contribution in [0.4, 0.5) is 0 Å². The van der Waals surface area contributed by atoms with E-state index in [0.29, 0.717) is 12.6 Å². The normalized spacial score (nSPS) is 18.2. The molecule has 4 heteroatoms. The Hall–Kier alpha value is -0.420. The summed E-state index contributed by atoms with van der Waals surface area (Å²) in [5.41, 5.74) is 5.62. The second-order valence-electron chi connectivity index (χ2n) is 4.33. The van der Waals surface area contributed by atoms with Gasteiger partial charge in [0.05, 0.1) is 0 Å². The third-order valence-electron chi connectivity index (χ3n) is 3.14. The SMILES string of the molecule is CN(Cc1ccc(CN)s1)C1CCOCC1. The number of nitrogens with two attached hydrogens (primary N) is 1. The quantitative estimate of drug-likeness (QED) is 0.872. The molecule has 0 spiro atoms. The highest BCUT2D eigenvalue weighted by Crippen LogP contribution is 2.20. The molecule has 0 saturated carbocycles. The largest absolute Gasteiger partial charge is 0.381 e. The van der Waals surface area contributed by atoms with Gasteiger partial charge < -0.3 is 10.5 Å². The summed E-state index contributed by atoms with van der Waals surface area (Å²) in [5, 5.41) is 0. The van der Waals surface area contributed by atoms with Crippen molar-refractivity contribution in [1.82, 2.24) is 4.90 Å². The molecule has 1 aromatic heterocycles. The summed E-state index contributed by atoms with van der Waals surface area (Å²) in [6.45, 7) is 3.52. The number of hydrogen-bond donors (Lipinski definition) is 1. The molecule has 1 aliphatic heterocycles. The van der Waals surface area contributed by atoms with Gasteiger partial charge in [0.1, 0.15) is 0 Å². The molecular formula is C12H20N2OS. The van der Waals surface area contributed by atoms with E-state index < -0.39 is 0 Å². The molecule has 2 rings (SSSR count). The van der Waals surface area contributed by atoms with Crippen molar-refractivity contribution in [3.05, 3.63) is 21.9 Å². The zero-order valence-electron chi connectivity index (χ0n) is 9.82. The van der Waals surface area contributed by atoms with Gasteiger partial charge in [-0.3, -0.25) is 4.90 Å². The average molecular weight is 240 g/mol. The minimum absolute atomic E-state index is 0.658. The van der Waals surface area contributed by atoms with Gasteiger partial charge in [0, 0.05) is 42.1 Å². The third-order valence-corrected chi connectivity index (χ3v) is 4.23. The fraction of sp³-hybridized carbons (Fsp3) is 0.667. The van der Waals surface area contributed by atoms with E-state index in [1.807, 2.05) is 11.3 Å². The summed E-state index contributed by atoms with van der Waals surface area (Å²) in [7, 11) is 2.21. The molecule has 0 atom stereocenters. The predicted octanol–water partition coefficient (Wildman–Crippen LogP) is 1.82. The monoisotopic (exact) mass is 240 g/mol. The summed E-state index contributed by atoms with van der Waals surface area (Å²) in [6.07, 6.45) is 2.32. The third kappa shape index (κ3) is 3.04. The summed E-state index contributed by atoms with van der Waals surface area (Å²) in [5.74, 6) is 0. The van der Waals surface area contributed by atoms with Gasteiger partial charge in [0.25, 0.3) is 0 Å². The first-order chi connectivity index (χ1) is 7.79. The summed E-state index contributed by atoms with van der Waals surface area (Å²) in [6, 6.07) is 5.01. The Morgan fingerprint density at radius 1 is 1.38 bits per heavy atom. The fourth-order valence-electron chi connectivity index (χ4n) is 2.12.